The fourth-order valence-corrected chi connectivity index (χ4v) is 3.90. The molecule has 0 spiro atoms. The maximum absolute atomic E-state index is 14.4. The Bertz CT molecular complexity index is 1330. The number of pyridine rings is 3. The third-order valence-electron chi connectivity index (χ3n) is 5.01. The van der Waals surface area contributed by atoms with Crippen LogP contribution in [0.15, 0.2) is 63.8 Å². The van der Waals surface area contributed by atoms with Crippen molar-refractivity contribution in [2.75, 3.05) is 0 Å². The van der Waals surface area contributed by atoms with Crippen molar-refractivity contribution in [2.24, 2.45) is 0 Å². The molecule has 5 nitrogen and oxygen atoms in total. The summed E-state index contributed by atoms with van der Waals surface area (Å²) in [5, 5.41) is 3.60. The van der Waals surface area contributed by atoms with Gasteiger partial charge in [-0.1, -0.05) is 22.0 Å². The zero-order chi connectivity index (χ0) is 24.0. The molecule has 0 N–H and O–H groups in total. The van der Waals surface area contributed by atoms with Crippen molar-refractivity contribution >= 4 is 31.9 Å². The van der Waals surface area contributed by atoms with E-state index in [0.717, 1.165) is 10.7 Å². The summed E-state index contributed by atoms with van der Waals surface area (Å²) in [4.78, 5) is 13.0. The molecular weight excluding hydrogens is 570 g/mol. The van der Waals surface area contributed by atoms with Crippen molar-refractivity contribution in [3.8, 4) is 17.1 Å². The molecule has 0 saturated carbocycles. The predicted octanol–water partition coefficient (Wildman–Crippen LogP) is 6.73. The highest BCUT2D eigenvalue weighted by molar-refractivity contribution is 9.10. The topological polar surface area (TPSA) is 56.5 Å². The molecular formula is C22H15Br2F4N5. The van der Waals surface area contributed by atoms with Crippen molar-refractivity contribution < 1.29 is 17.6 Å². The minimum Gasteiger partial charge on any atom is -0.252 e. The van der Waals surface area contributed by atoms with Gasteiger partial charge in [0.2, 0.25) is 5.95 Å². The van der Waals surface area contributed by atoms with E-state index >= 15 is 0 Å². The number of aromatic nitrogens is 5. The molecule has 0 bridgehead atoms. The monoisotopic (exact) mass is 583 g/mol. The smallest absolute Gasteiger partial charge is 0.252 e. The van der Waals surface area contributed by atoms with Gasteiger partial charge in [-0.05, 0) is 72.2 Å². The molecule has 4 aromatic rings. The molecule has 11 heteroatoms. The van der Waals surface area contributed by atoms with E-state index in [4.69, 9.17) is 0 Å². The summed E-state index contributed by atoms with van der Waals surface area (Å²) in [7, 11) is 0. The van der Waals surface area contributed by atoms with Crippen LogP contribution in [-0.4, -0.2) is 24.7 Å². The van der Waals surface area contributed by atoms with Gasteiger partial charge < -0.3 is 0 Å². The van der Waals surface area contributed by atoms with Gasteiger partial charge in [0.15, 0.2) is 11.5 Å². The average molecular weight is 585 g/mol. The molecule has 0 aromatic carbocycles. The quantitative estimate of drug-likeness (QED) is 0.197. The van der Waals surface area contributed by atoms with E-state index in [9.17, 15) is 17.6 Å². The van der Waals surface area contributed by atoms with Gasteiger partial charge in [0.05, 0.1) is 22.6 Å². The van der Waals surface area contributed by atoms with Gasteiger partial charge in [-0.25, -0.2) is 14.6 Å². The van der Waals surface area contributed by atoms with Crippen molar-refractivity contribution in [2.45, 2.75) is 25.4 Å². The fraction of sp³-hybridized carbons (Fsp3) is 0.182. The average Bonchev–Trinajstić information content (AvgIpc) is 3.24. The lowest BCUT2D eigenvalue weighted by Crippen LogP contribution is -2.23. The minimum absolute atomic E-state index is 0.210. The van der Waals surface area contributed by atoms with Crippen LogP contribution in [0.3, 0.4) is 0 Å². The van der Waals surface area contributed by atoms with E-state index in [1.54, 1.807) is 42.5 Å². The van der Waals surface area contributed by atoms with E-state index in [1.807, 2.05) is 13.8 Å². The molecule has 170 valence electrons. The van der Waals surface area contributed by atoms with Crippen LogP contribution in [-0.2, 0) is 11.6 Å². The summed E-state index contributed by atoms with van der Waals surface area (Å²) in [6, 6.07) is 12.6. The Kier molecular flexibility index (Phi) is 6.12. The number of halogens is 6. The molecule has 0 atom stereocenters. The second-order valence-corrected chi connectivity index (χ2v) is 9.41. The molecule has 0 fully saturated rings. The second kappa shape index (κ2) is 8.60. The Morgan fingerprint density at radius 3 is 2.27 bits per heavy atom. The van der Waals surface area contributed by atoms with E-state index < -0.39 is 23.2 Å². The lowest BCUT2D eigenvalue weighted by atomic mass is 9.84. The van der Waals surface area contributed by atoms with Crippen LogP contribution in [0.25, 0.3) is 17.1 Å². The Morgan fingerprint density at radius 1 is 0.848 bits per heavy atom. The summed E-state index contributed by atoms with van der Waals surface area (Å²) < 4.78 is 55.3. The van der Waals surface area contributed by atoms with Crippen LogP contribution in [0, 0.1) is 5.95 Å². The van der Waals surface area contributed by atoms with Gasteiger partial charge in [0, 0.05) is 16.1 Å². The van der Waals surface area contributed by atoms with Crippen molar-refractivity contribution in [3.63, 3.8) is 0 Å². The largest absolute Gasteiger partial charge is 0.435 e. The first-order valence-electron chi connectivity index (χ1n) is 9.56. The predicted molar refractivity (Wildman–Crippen MR) is 121 cm³/mol. The summed E-state index contributed by atoms with van der Waals surface area (Å²) in [5.41, 5.74) is -0.00609. The fourth-order valence-electron chi connectivity index (χ4n) is 3.19. The zero-order valence-corrected chi connectivity index (χ0v) is 20.4. The van der Waals surface area contributed by atoms with Crippen LogP contribution in [0.4, 0.5) is 17.6 Å². The highest BCUT2D eigenvalue weighted by Gasteiger charge is 2.34. The van der Waals surface area contributed by atoms with Gasteiger partial charge in [0.25, 0.3) is 0 Å². The van der Waals surface area contributed by atoms with Gasteiger partial charge >= 0.3 is 6.18 Å². The SMILES string of the molecule is CC(C)(c1cccc(-c2ccc(Br)nc2F)n1)c1cc(Br)cc(-n2ccc(C(F)(F)F)n2)n1. The third-order valence-corrected chi connectivity index (χ3v) is 5.91. The number of hydrogen-bond acceptors (Lipinski definition) is 4. The molecule has 0 radical (unpaired) electrons. The summed E-state index contributed by atoms with van der Waals surface area (Å²) in [5.74, 6) is -0.448. The first-order valence-corrected chi connectivity index (χ1v) is 11.1. The number of nitrogens with zero attached hydrogens (tertiary/aromatic N) is 5. The first kappa shape index (κ1) is 23.5. The van der Waals surface area contributed by atoms with E-state index in [0.29, 0.717) is 26.2 Å². The number of rotatable bonds is 4. The molecule has 0 amide bonds. The molecule has 0 aliphatic heterocycles. The normalized spacial score (nSPS) is 12.2. The van der Waals surface area contributed by atoms with Crippen molar-refractivity contribution in [1.82, 2.24) is 24.7 Å². The molecule has 33 heavy (non-hydrogen) atoms. The standard InChI is InChI=1S/C22H15Br2F4N5/c1-21(2,15-5-3-4-14(29-15)13-6-7-18(24)31-20(13)25)17-10-12(23)11-19(30-17)33-9-8-16(32-33)22(26,27)28/h3-11H,1-2H3. The molecule has 4 heterocycles. The Labute approximate surface area is 203 Å². The minimum atomic E-state index is -4.55. The van der Waals surface area contributed by atoms with Gasteiger partial charge in [-0.2, -0.15) is 22.7 Å². The maximum Gasteiger partial charge on any atom is 0.435 e. The molecule has 0 aliphatic rings. The van der Waals surface area contributed by atoms with Gasteiger partial charge in [-0.3, -0.25) is 4.98 Å². The second-order valence-electron chi connectivity index (χ2n) is 7.68. The Morgan fingerprint density at radius 2 is 1.61 bits per heavy atom. The maximum atomic E-state index is 14.4. The molecule has 4 rings (SSSR count). The highest BCUT2D eigenvalue weighted by atomic mass is 79.9. The lowest BCUT2D eigenvalue weighted by molar-refractivity contribution is -0.141. The summed E-state index contributed by atoms with van der Waals surface area (Å²) >= 11 is 6.54. The molecule has 4 aromatic heterocycles. The molecule has 0 aliphatic carbocycles. The van der Waals surface area contributed by atoms with Crippen LogP contribution >= 0.6 is 31.9 Å². The Hall–Kier alpha value is -2.66. The highest BCUT2D eigenvalue weighted by Crippen LogP contribution is 2.34. The zero-order valence-electron chi connectivity index (χ0n) is 17.2. The van der Waals surface area contributed by atoms with Crippen molar-refractivity contribution in [1.29, 1.82) is 0 Å². The first-order chi connectivity index (χ1) is 15.4. The van der Waals surface area contributed by atoms with Crippen molar-refractivity contribution in [3.05, 3.63) is 86.8 Å². The summed E-state index contributed by atoms with van der Waals surface area (Å²) in [6.45, 7) is 3.75. The van der Waals surface area contributed by atoms with Gasteiger partial charge in [-0.15, -0.1) is 0 Å². The van der Waals surface area contributed by atoms with E-state index in [2.05, 4.69) is 51.9 Å². The lowest BCUT2D eigenvalue weighted by Gasteiger charge is -2.25. The van der Waals surface area contributed by atoms with Crippen LogP contribution in [0.5, 0.6) is 0 Å². The van der Waals surface area contributed by atoms with Gasteiger partial charge in [0.1, 0.15) is 4.60 Å². The molecule has 0 saturated heterocycles. The summed E-state index contributed by atoms with van der Waals surface area (Å²) in [6.07, 6.45) is -3.35. The molecule has 0 unspecified atom stereocenters. The van der Waals surface area contributed by atoms with Crippen LogP contribution in [0.2, 0.25) is 0 Å². The third kappa shape index (κ3) is 4.84. The van der Waals surface area contributed by atoms with E-state index in [1.165, 1.54) is 6.20 Å². The van der Waals surface area contributed by atoms with Crippen LogP contribution in [0.1, 0.15) is 30.9 Å². The number of hydrogen-bond donors (Lipinski definition) is 0. The van der Waals surface area contributed by atoms with Crippen LogP contribution < -0.4 is 0 Å². The number of alkyl halides is 3. The Balaban J connectivity index is 1.76. The van der Waals surface area contributed by atoms with E-state index in [-0.39, 0.29) is 11.4 Å².